The summed E-state index contributed by atoms with van der Waals surface area (Å²) in [6, 6.07) is 24.3. The number of likely N-dealkylation sites (tertiary alicyclic amines) is 1. The molecule has 1 unspecified atom stereocenters. The van der Waals surface area contributed by atoms with Gasteiger partial charge in [0.15, 0.2) is 0 Å². The molecule has 1 saturated heterocycles. The van der Waals surface area contributed by atoms with E-state index < -0.39 is 0 Å². The standard InChI is InChI=1S/C26H26Cl2N2OS/c27-24-13-10-20(15-25(24)28)16-30-14-4-5-21(17-30)26(31)29-22-11-8-19(9-12-22)18-32-23-6-2-1-3-7-23/h1-3,6-13,15,21H,4-5,14,16-18H2,(H,29,31). The largest absolute Gasteiger partial charge is 0.326 e. The number of thioether (sulfide) groups is 1. The highest BCUT2D eigenvalue weighted by Crippen LogP contribution is 2.26. The fourth-order valence-corrected chi connectivity index (χ4v) is 5.12. The van der Waals surface area contributed by atoms with Crippen molar-refractivity contribution < 1.29 is 4.79 Å². The summed E-state index contributed by atoms with van der Waals surface area (Å²) in [5.41, 5.74) is 3.21. The topological polar surface area (TPSA) is 32.3 Å². The number of carbonyl (C=O) groups is 1. The lowest BCUT2D eigenvalue weighted by Gasteiger charge is -2.32. The normalized spacial score (nSPS) is 16.6. The number of benzene rings is 3. The van der Waals surface area contributed by atoms with Crippen LogP contribution in [0.4, 0.5) is 5.69 Å². The molecule has 3 nitrogen and oxygen atoms in total. The van der Waals surface area contributed by atoms with Crippen molar-refractivity contribution in [1.29, 1.82) is 0 Å². The predicted octanol–water partition coefficient (Wildman–Crippen LogP) is 7.14. The molecule has 1 aliphatic heterocycles. The lowest BCUT2D eigenvalue weighted by atomic mass is 9.96. The molecular weight excluding hydrogens is 459 g/mol. The van der Waals surface area contributed by atoms with E-state index in [2.05, 4.69) is 46.6 Å². The summed E-state index contributed by atoms with van der Waals surface area (Å²) in [5, 5.41) is 4.24. The Morgan fingerprint density at radius 1 is 0.969 bits per heavy atom. The second kappa shape index (κ2) is 11.2. The molecule has 3 aromatic carbocycles. The average Bonchev–Trinajstić information content (AvgIpc) is 2.82. The van der Waals surface area contributed by atoms with Crippen molar-refractivity contribution in [3.63, 3.8) is 0 Å². The zero-order valence-corrected chi connectivity index (χ0v) is 20.1. The predicted molar refractivity (Wildman–Crippen MR) is 136 cm³/mol. The van der Waals surface area contributed by atoms with Crippen molar-refractivity contribution in [2.45, 2.75) is 30.0 Å². The highest BCUT2D eigenvalue weighted by molar-refractivity contribution is 7.98. The molecule has 166 valence electrons. The van der Waals surface area contributed by atoms with Gasteiger partial charge in [-0.2, -0.15) is 0 Å². The maximum atomic E-state index is 12.9. The van der Waals surface area contributed by atoms with E-state index >= 15 is 0 Å². The first-order chi connectivity index (χ1) is 15.6. The molecule has 1 fully saturated rings. The number of nitrogens with zero attached hydrogens (tertiary/aromatic N) is 1. The Labute approximate surface area is 204 Å². The van der Waals surface area contributed by atoms with Gasteiger partial charge in [-0.15, -0.1) is 11.8 Å². The maximum Gasteiger partial charge on any atom is 0.228 e. The van der Waals surface area contributed by atoms with Gasteiger partial charge in [-0.05, 0) is 66.9 Å². The minimum Gasteiger partial charge on any atom is -0.326 e. The van der Waals surface area contributed by atoms with Crippen LogP contribution in [0.15, 0.2) is 77.7 Å². The summed E-state index contributed by atoms with van der Waals surface area (Å²) in [6.45, 7) is 2.50. The van der Waals surface area contributed by atoms with Gasteiger partial charge in [0.1, 0.15) is 0 Å². The van der Waals surface area contributed by atoms with E-state index in [0.717, 1.165) is 49.5 Å². The summed E-state index contributed by atoms with van der Waals surface area (Å²) in [5.74, 6) is 0.986. The van der Waals surface area contributed by atoms with Crippen molar-refractivity contribution in [2.75, 3.05) is 18.4 Å². The Balaban J connectivity index is 1.28. The molecule has 3 aromatic rings. The zero-order valence-electron chi connectivity index (χ0n) is 17.8. The van der Waals surface area contributed by atoms with E-state index in [-0.39, 0.29) is 11.8 Å². The van der Waals surface area contributed by atoms with Crippen molar-refractivity contribution in [2.24, 2.45) is 5.92 Å². The molecule has 1 amide bonds. The number of hydrogen-bond donors (Lipinski definition) is 1. The van der Waals surface area contributed by atoms with Crippen LogP contribution < -0.4 is 5.32 Å². The van der Waals surface area contributed by atoms with Crippen LogP contribution in [0.25, 0.3) is 0 Å². The van der Waals surface area contributed by atoms with E-state index in [9.17, 15) is 4.79 Å². The first-order valence-electron chi connectivity index (χ1n) is 10.8. The molecule has 32 heavy (non-hydrogen) atoms. The van der Waals surface area contributed by atoms with Gasteiger partial charge in [0, 0.05) is 29.4 Å². The van der Waals surface area contributed by atoms with Gasteiger partial charge in [0.25, 0.3) is 0 Å². The number of piperidine rings is 1. The maximum absolute atomic E-state index is 12.9. The van der Waals surface area contributed by atoms with Crippen molar-refractivity contribution in [1.82, 2.24) is 4.90 Å². The van der Waals surface area contributed by atoms with Crippen molar-refractivity contribution >= 4 is 46.6 Å². The van der Waals surface area contributed by atoms with E-state index in [0.29, 0.717) is 10.0 Å². The number of hydrogen-bond acceptors (Lipinski definition) is 3. The zero-order chi connectivity index (χ0) is 22.3. The summed E-state index contributed by atoms with van der Waals surface area (Å²) < 4.78 is 0. The number of nitrogens with one attached hydrogen (secondary N) is 1. The summed E-state index contributed by atoms with van der Waals surface area (Å²) >= 11 is 14.0. The molecule has 0 aromatic heterocycles. The highest BCUT2D eigenvalue weighted by Gasteiger charge is 2.26. The van der Waals surface area contributed by atoms with E-state index in [1.54, 1.807) is 0 Å². The smallest absolute Gasteiger partial charge is 0.228 e. The van der Waals surface area contributed by atoms with Crippen LogP contribution in [0.3, 0.4) is 0 Å². The van der Waals surface area contributed by atoms with Gasteiger partial charge in [-0.3, -0.25) is 9.69 Å². The second-order valence-electron chi connectivity index (χ2n) is 8.11. The van der Waals surface area contributed by atoms with Crippen molar-refractivity contribution in [3.8, 4) is 0 Å². The molecule has 0 bridgehead atoms. The van der Waals surface area contributed by atoms with E-state index in [1.807, 2.05) is 48.2 Å². The molecule has 0 radical (unpaired) electrons. The third kappa shape index (κ3) is 6.52. The minimum absolute atomic E-state index is 0.0140. The molecule has 1 N–H and O–H groups in total. The Hall–Kier alpha value is -1.98. The third-order valence-corrected chi connectivity index (χ3v) is 7.46. The third-order valence-electron chi connectivity index (χ3n) is 5.64. The molecular formula is C26H26Cl2N2OS. The molecule has 1 atom stereocenters. The van der Waals surface area contributed by atoms with E-state index in [4.69, 9.17) is 23.2 Å². The number of halogens is 2. The van der Waals surface area contributed by atoms with Crippen molar-refractivity contribution in [3.05, 3.63) is 94.0 Å². The van der Waals surface area contributed by atoms with Crippen LogP contribution >= 0.6 is 35.0 Å². The minimum atomic E-state index is -0.0140. The molecule has 0 saturated carbocycles. The SMILES string of the molecule is O=C(Nc1ccc(CSc2ccccc2)cc1)C1CCCN(Cc2ccc(Cl)c(Cl)c2)C1. The molecule has 1 aliphatic rings. The molecule has 6 heteroatoms. The van der Waals surface area contributed by atoms with Crippen LogP contribution in [0.2, 0.25) is 10.0 Å². The fourth-order valence-electron chi connectivity index (χ4n) is 3.92. The summed E-state index contributed by atoms with van der Waals surface area (Å²) in [7, 11) is 0. The highest BCUT2D eigenvalue weighted by atomic mass is 35.5. The second-order valence-corrected chi connectivity index (χ2v) is 9.97. The van der Waals surface area contributed by atoms with Gasteiger partial charge in [0.2, 0.25) is 5.91 Å². The first kappa shape index (κ1) is 23.2. The Morgan fingerprint density at radius 3 is 2.47 bits per heavy atom. The quantitative estimate of drug-likeness (QED) is 0.361. The van der Waals surface area contributed by atoms with Gasteiger partial charge in [-0.25, -0.2) is 0 Å². The fraction of sp³-hybridized carbons (Fsp3) is 0.269. The van der Waals surface area contributed by atoms with Crippen LogP contribution in [-0.4, -0.2) is 23.9 Å². The van der Waals surface area contributed by atoms with Gasteiger partial charge < -0.3 is 5.32 Å². The Bertz CT molecular complexity index is 1040. The lowest BCUT2D eigenvalue weighted by molar-refractivity contribution is -0.121. The average molecular weight is 485 g/mol. The molecule has 0 aliphatic carbocycles. The first-order valence-corrected chi connectivity index (χ1v) is 12.5. The number of carbonyl (C=O) groups excluding carboxylic acids is 1. The van der Waals surface area contributed by atoms with Gasteiger partial charge >= 0.3 is 0 Å². The van der Waals surface area contributed by atoms with Crippen LogP contribution in [-0.2, 0) is 17.1 Å². The number of anilines is 1. The Morgan fingerprint density at radius 2 is 1.72 bits per heavy atom. The number of amides is 1. The summed E-state index contributed by atoms with van der Waals surface area (Å²) in [4.78, 5) is 16.5. The molecule has 4 rings (SSSR count). The van der Waals surface area contributed by atoms with Crippen LogP contribution in [0.1, 0.15) is 24.0 Å². The van der Waals surface area contributed by atoms with Gasteiger partial charge in [0.05, 0.1) is 16.0 Å². The Kier molecular flexibility index (Phi) is 8.15. The molecule has 0 spiro atoms. The van der Waals surface area contributed by atoms with Gasteiger partial charge in [-0.1, -0.05) is 59.6 Å². The van der Waals surface area contributed by atoms with E-state index in [1.165, 1.54) is 10.5 Å². The molecule has 1 heterocycles. The summed E-state index contributed by atoms with van der Waals surface area (Å²) in [6.07, 6.45) is 1.92. The van der Waals surface area contributed by atoms with Crippen LogP contribution in [0, 0.1) is 5.92 Å². The monoisotopic (exact) mass is 484 g/mol. The van der Waals surface area contributed by atoms with Crippen LogP contribution in [0.5, 0.6) is 0 Å². The number of rotatable bonds is 7. The lowest BCUT2D eigenvalue weighted by Crippen LogP contribution is -2.40.